The van der Waals surface area contributed by atoms with Crippen LogP contribution in [0.1, 0.15) is 11.1 Å². The molecule has 1 heterocycles. The molecule has 0 saturated heterocycles. The largest absolute Gasteiger partial charge is 0.398 e. The van der Waals surface area contributed by atoms with Crippen LogP contribution in [-0.4, -0.2) is 18.4 Å². The Morgan fingerprint density at radius 3 is 2.60 bits per heavy atom. The van der Waals surface area contributed by atoms with Crippen LogP contribution in [0.5, 0.6) is 0 Å². The summed E-state index contributed by atoms with van der Waals surface area (Å²) in [6.07, 6.45) is 1.36. The fourth-order valence-corrected chi connectivity index (χ4v) is 3.24. The first-order chi connectivity index (χ1) is 9.31. The van der Waals surface area contributed by atoms with Gasteiger partial charge in [0.2, 0.25) is 5.95 Å². The van der Waals surface area contributed by atoms with E-state index in [1.54, 1.807) is 19.1 Å². The molecular formula is C12H13ClN4O2S. The van der Waals surface area contributed by atoms with Gasteiger partial charge in [-0.3, -0.25) is 0 Å². The number of halogens is 1. The number of anilines is 2. The molecule has 0 amide bonds. The molecule has 2 aromatic rings. The summed E-state index contributed by atoms with van der Waals surface area (Å²) < 4.78 is 27.1. The van der Waals surface area contributed by atoms with Crippen molar-refractivity contribution in [3.63, 3.8) is 0 Å². The molecule has 0 aliphatic rings. The van der Waals surface area contributed by atoms with Crippen LogP contribution in [0, 0.1) is 13.8 Å². The highest BCUT2D eigenvalue weighted by molar-refractivity contribution is 7.93. The predicted molar refractivity (Wildman–Crippen MR) is 78.2 cm³/mol. The Balaban J connectivity index is 2.49. The predicted octanol–water partition coefficient (Wildman–Crippen LogP) is 2.13. The van der Waals surface area contributed by atoms with Crippen LogP contribution in [0.25, 0.3) is 0 Å². The summed E-state index contributed by atoms with van der Waals surface area (Å²) in [5, 5.41) is 0.145. The molecule has 0 aliphatic heterocycles. The first kappa shape index (κ1) is 14.5. The topological polar surface area (TPSA) is 98.0 Å². The van der Waals surface area contributed by atoms with Gasteiger partial charge in [-0.25, -0.2) is 23.1 Å². The van der Waals surface area contributed by atoms with Crippen molar-refractivity contribution in [3.05, 3.63) is 40.7 Å². The average molecular weight is 313 g/mol. The zero-order valence-corrected chi connectivity index (χ0v) is 12.5. The van der Waals surface area contributed by atoms with Gasteiger partial charge in [0.05, 0.1) is 5.69 Å². The number of nitrogens with two attached hydrogens (primary N) is 1. The standard InChI is InChI=1S/C12H13ClN4O2S/c1-7-3-4-9(14)11(8(7)2)20(18,19)17-12-15-6-5-10(13)16-12/h3-6H,14H2,1-2H3,(H,15,16,17). The molecule has 0 radical (unpaired) electrons. The van der Waals surface area contributed by atoms with Crippen molar-refractivity contribution in [2.45, 2.75) is 18.7 Å². The van der Waals surface area contributed by atoms with E-state index in [0.717, 1.165) is 5.56 Å². The molecule has 8 heteroatoms. The van der Waals surface area contributed by atoms with Gasteiger partial charge in [0.25, 0.3) is 10.0 Å². The highest BCUT2D eigenvalue weighted by Crippen LogP contribution is 2.26. The van der Waals surface area contributed by atoms with Crippen molar-refractivity contribution in [2.24, 2.45) is 0 Å². The summed E-state index contributed by atoms with van der Waals surface area (Å²) in [6, 6.07) is 4.76. The quantitative estimate of drug-likeness (QED) is 0.668. The molecule has 2 rings (SSSR count). The second-order valence-electron chi connectivity index (χ2n) is 4.23. The molecule has 0 bridgehead atoms. The first-order valence-electron chi connectivity index (χ1n) is 5.68. The Kier molecular flexibility index (Phi) is 3.82. The summed E-state index contributed by atoms with van der Waals surface area (Å²) in [6.45, 7) is 3.50. The van der Waals surface area contributed by atoms with E-state index in [2.05, 4.69) is 14.7 Å². The van der Waals surface area contributed by atoms with Crippen LogP contribution in [0.2, 0.25) is 5.15 Å². The van der Waals surface area contributed by atoms with Crippen LogP contribution in [-0.2, 0) is 10.0 Å². The van der Waals surface area contributed by atoms with Crippen molar-refractivity contribution in [1.82, 2.24) is 9.97 Å². The number of rotatable bonds is 3. The van der Waals surface area contributed by atoms with E-state index in [1.165, 1.54) is 12.3 Å². The minimum Gasteiger partial charge on any atom is -0.398 e. The number of hydrogen-bond acceptors (Lipinski definition) is 5. The van der Waals surface area contributed by atoms with Gasteiger partial charge in [0.15, 0.2) is 0 Å². The SMILES string of the molecule is Cc1ccc(N)c(S(=O)(=O)Nc2nccc(Cl)n2)c1C. The van der Waals surface area contributed by atoms with Crippen molar-refractivity contribution in [1.29, 1.82) is 0 Å². The third kappa shape index (κ3) is 2.83. The van der Waals surface area contributed by atoms with Gasteiger partial charge in [0.1, 0.15) is 10.0 Å². The molecule has 0 unspecified atom stereocenters. The fourth-order valence-electron chi connectivity index (χ4n) is 1.72. The maximum absolute atomic E-state index is 12.4. The van der Waals surface area contributed by atoms with Crippen LogP contribution in [0.4, 0.5) is 11.6 Å². The Hall–Kier alpha value is -1.86. The Labute approximate surface area is 122 Å². The minimum absolute atomic E-state index is 0.0288. The number of hydrogen-bond donors (Lipinski definition) is 2. The van der Waals surface area contributed by atoms with E-state index in [9.17, 15) is 8.42 Å². The van der Waals surface area contributed by atoms with Crippen molar-refractivity contribution in [2.75, 3.05) is 10.5 Å². The number of nitrogens with one attached hydrogen (secondary N) is 1. The summed E-state index contributed by atoms with van der Waals surface area (Å²) >= 11 is 5.70. The van der Waals surface area contributed by atoms with Crippen molar-refractivity contribution in [3.8, 4) is 0 Å². The zero-order chi connectivity index (χ0) is 14.9. The number of aryl methyl sites for hydroxylation is 1. The van der Waals surface area contributed by atoms with E-state index in [0.29, 0.717) is 5.56 Å². The minimum atomic E-state index is -3.87. The number of nitrogens with zero attached hydrogens (tertiary/aromatic N) is 2. The van der Waals surface area contributed by atoms with Gasteiger partial charge in [-0.15, -0.1) is 0 Å². The van der Waals surface area contributed by atoms with Crippen LogP contribution >= 0.6 is 11.6 Å². The number of sulfonamides is 1. The van der Waals surface area contributed by atoms with E-state index < -0.39 is 10.0 Å². The Morgan fingerprint density at radius 2 is 1.95 bits per heavy atom. The molecule has 1 aromatic carbocycles. The summed E-state index contributed by atoms with van der Waals surface area (Å²) in [7, 11) is -3.87. The van der Waals surface area contributed by atoms with Crippen LogP contribution in [0.3, 0.4) is 0 Å². The van der Waals surface area contributed by atoms with E-state index >= 15 is 0 Å². The van der Waals surface area contributed by atoms with Gasteiger partial charge in [-0.05, 0) is 37.1 Å². The van der Waals surface area contributed by atoms with Gasteiger partial charge in [0, 0.05) is 6.20 Å². The number of aromatic nitrogens is 2. The van der Waals surface area contributed by atoms with E-state index in [1.807, 2.05) is 6.92 Å². The smallest absolute Gasteiger partial charge is 0.266 e. The van der Waals surface area contributed by atoms with Crippen LogP contribution < -0.4 is 10.5 Å². The normalized spacial score (nSPS) is 11.3. The lowest BCUT2D eigenvalue weighted by Crippen LogP contribution is -2.18. The number of benzene rings is 1. The molecule has 0 atom stereocenters. The molecule has 0 spiro atoms. The second kappa shape index (κ2) is 5.26. The summed E-state index contributed by atoms with van der Waals surface area (Å²) in [5.74, 6) is -0.0993. The third-order valence-electron chi connectivity index (χ3n) is 2.82. The molecule has 3 N–H and O–H groups in total. The van der Waals surface area contributed by atoms with Gasteiger partial charge >= 0.3 is 0 Å². The lowest BCUT2D eigenvalue weighted by Gasteiger charge is -2.13. The van der Waals surface area contributed by atoms with Gasteiger partial charge in [-0.2, -0.15) is 0 Å². The molecule has 1 aromatic heterocycles. The molecule has 20 heavy (non-hydrogen) atoms. The van der Waals surface area contributed by atoms with E-state index in [-0.39, 0.29) is 21.7 Å². The zero-order valence-electron chi connectivity index (χ0n) is 10.9. The molecule has 0 aliphatic carbocycles. The molecule has 0 saturated carbocycles. The highest BCUT2D eigenvalue weighted by Gasteiger charge is 2.22. The Morgan fingerprint density at radius 1 is 1.25 bits per heavy atom. The summed E-state index contributed by atoms with van der Waals surface area (Å²) in [4.78, 5) is 7.62. The summed E-state index contributed by atoms with van der Waals surface area (Å²) in [5.41, 5.74) is 7.35. The Bertz CT molecular complexity index is 762. The fraction of sp³-hybridized carbons (Fsp3) is 0.167. The lowest BCUT2D eigenvalue weighted by atomic mass is 10.1. The van der Waals surface area contributed by atoms with Gasteiger partial charge < -0.3 is 5.73 Å². The molecule has 0 fully saturated rings. The second-order valence-corrected chi connectivity index (χ2v) is 6.24. The number of nitrogen functional groups attached to an aromatic ring is 1. The van der Waals surface area contributed by atoms with Crippen LogP contribution in [0.15, 0.2) is 29.3 Å². The monoisotopic (exact) mass is 312 g/mol. The average Bonchev–Trinajstić information content (AvgIpc) is 2.33. The maximum atomic E-state index is 12.4. The molecular weight excluding hydrogens is 300 g/mol. The molecule has 6 nitrogen and oxygen atoms in total. The molecule has 106 valence electrons. The maximum Gasteiger partial charge on any atom is 0.266 e. The third-order valence-corrected chi connectivity index (χ3v) is 4.56. The van der Waals surface area contributed by atoms with Gasteiger partial charge in [-0.1, -0.05) is 17.7 Å². The van der Waals surface area contributed by atoms with Crippen molar-refractivity contribution >= 4 is 33.3 Å². The van der Waals surface area contributed by atoms with Crippen molar-refractivity contribution < 1.29 is 8.42 Å². The lowest BCUT2D eigenvalue weighted by molar-refractivity contribution is 0.600. The highest BCUT2D eigenvalue weighted by atomic mass is 35.5. The first-order valence-corrected chi connectivity index (χ1v) is 7.54. The van der Waals surface area contributed by atoms with E-state index in [4.69, 9.17) is 17.3 Å².